The van der Waals surface area contributed by atoms with Crippen LogP contribution in [0.4, 0.5) is 0 Å². The Balaban J connectivity index is 1.49. The molecule has 1 fully saturated rings. The molecule has 1 saturated heterocycles. The van der Waals surface area contributed by atoms with Crippen molar-refractivity contribution in [1.29, 1.82) is 0 Å². The average Bonchev–Trinajstić information content (AvgIpc) is 3.32. The highest BCUT2D eigenvalue weighted by molar-refractivity contribution is 6.05. The molecule has 3 aromatic rings. The van der Waals surface area contributed by atoms with Crippen LogP contribution in [0, 0.1) is 6.92 Å². The lowest BCUT2D eigenvalue weighted by molar-refractivity contribution is -0.125. The summed E-state index contributed by atoms with van der Waals surface area (Å²) in [4.78, 5) is 32.8. The molecule has 0 aromatic heterocycles. The minimum absolute atomic E-state index is 0.0449. The van der Waals surface area contributed by atoms with E-state index in [4.69, 9.17) is 4.84 Å². The van der Waals surface area contributed by atoms with Crippen molar-refractivity contribution in [3.05, 3.63) is 95.6 Å². The SMILES string of the molecule is CO/N=C1\C[C@@H](C(=O)NC[C@@H](O)c2ccccc2)N(C(=O)c2ccc(-c3ccccc3C)cc2)C1. The maximum atomic E-state index is 13.4. The van der Waals surface area contributed by atoms with E-state index in [9.17, 15) is 14.7 Å². The number of amides is 2. The summed E-state index contributed by atoms with van der Waals surface area (Å²) in [7, 11) is 1.44. The van der Waals surface area contributed by atoms with Crippen LogP contribution in [0.25, 0.3) is 11.1 Å². The molecule has 0 spiro atoms. The third-order valence-electron chi connectivity index (χ3n) is 6.18. The molecule has 180 valence electrons. The first kappa shape index (κ1) is 24.2. The number of hydrogen-bond acceptors (Lipinski definition) is 5. The maximum Gasteiger partial charge on any atom is 0.254 e. The lowest BCUT2D eigenvalue weighted by Gasteiger charge is -2.24. The van der Waals surface area contributed by atoms with Gasteiger partial charge in [0.05, 0.1) is 18.4 Å². The highest BCUT2D eigenvalue weighted by atomic mass is 16.6. The van der Waals surface area contributed by atoms with Gasteiger partial charge < -0.3 is 20.2 Å². The van der Waals surface area contributed by atoms with Gasteiger partial charge in [-0.05, 0) is 41.3 Å². The highest BCUT2D eigenvalue weighted by Gasteiger charge is 2.38. The number of likely N-dealkylation sites (tertiary alicyclic amines) is 1. The maximum absolute atomic E-state index is 13.4. The van der Waals surface area contributed by atoms with E-state index >= 15 is 0 Å². The minimum atomic E-state index is -0.841. The Kier molecular flexibility index (Phi) is 7.57. The van der Waals surface area contributed by atoms with E-state index in [1.54, 1.807) is 24.3 Å². The quantitative estimate of drug-likeness (QED) is 0.514. The first-order valence-corrected chi connectivity index (χ1v) is 11.5. The van der Waals surface area contributed by atoms with E-state index in [0.29, 0.717) is 16.8 Å². The van der Waals surface area contributed by atoms with Gasteiger partial charge in [0.15, 0.2) is 0 Å². The largest absolute Gasteiger partial charge is 0.399 e. The molecule has 0 unspecified atom stereocenters. The summed E-state index contributed by atoms with van der Waals surface area (Å²) in [6.45, 7) is 2.29. The number of carbonyl (C=O) groups excluding carboxylic acids is 2. The van der Waals surface area contributed by atoms with Crippen molar-refractivity contribution < 1.29 is 19.5 Å². The zero-order valence-electron chi connectivity index (χ0n) is 19.8. The van der Waals surface area contributed by atoms with Crippen molar-refractivity contribution in [2.24, 2.45) is 5.16 Å². The van der Waals surface area contributed by atoms with Crippen LogP contribution in [-0.4, -0.2) is 53.8 Å². The van der Waals surface area contributed by atoms with Gasteiger partial charge in [0.1, 0.15) is 13.2 Å². The molecule has 2 atom stereocenters. The number of aryl methyl sites for hydroxylation is 1. The van der Waals surface area contributed by atoms with Crippen LogP contribution >= 0.6 is 0 Å². The fraction of sp³-hybridized carbons (Fsp3) is 0.250. The smallest absolute Gasteiger partial charge is 0.254 e. The molecule has 7 nitrogen and oxygen atoms in total. The Morgan fingerprint density at radius 2 is 1.74 bits per heavy atom. The average molecular weight is 472 g/mol. The van der Waals surface area contributed by atoms with Crippen molar-refractivity contribution in [2.75, 3.05) is 20.2 Å². The van der Waals surface area contributed by atoms with Gasteiger partial charge in [0.25, 0.3) is 5.91 Å². The number of nitrogens with zero attached hydrogens (tertiary/aromatic N) is 2. The number of aliphatic hydroxyl groups is 1. The summed E-state index contributed by atoms with van der Waals surface area (Å²) in [5, 5.41) is 17.2. The third kappa shape index (κ3) is 5.58. The van der Waals surface area contributed by atoms with Crippen molar-refractivity contribution in [2.45, 2.75) is 25.5 Å². The lowest BCUT2D eigenvalue weighted by Crippen LogP contribution is -2.46. The minimum Gasteiger partial charge on any atom is -0.399 e. The number of aliphatic hydroxyl groups excluding tert-OH is 1. The van der Waals surface area contributed by atoms with E-state index in [1.165, 1.54) is 12.0 Å². The molecule has 0 radical (unpaired) electrons. The summed E-state index contributed by atoms with van der Waals surface area (Å²) < 4.78 is 0. The van der Waals surface area contributed by atoms with E-state index in [1.807, 2.05) is 61.5 Å². The standard InChI is InChI=1S/C28H29N3O4/c1-19-8-6-7-11-24(19)20-12-14-22(15-13-20)28(34)31-18-23(30-35-2)16-25(31)27(33)29-17-26(32)21-9-4-3-5-10-21/h3-15,25-26,32H,16-18H2,1-2H3,(H,29,33)/b30-23+/t25-,26+/m0/s1. The zero-order valence-corrected chi connectivity index (χ0v) is 19.8. The predicted octanol–water partition coefficient (Wildman–Crippen LogP) is 3.73. The Labute approximate surface area is 205 Å². The molecule has 3 aromatic carbocycles. The molecule has 35 heavy (non-hydrogen) atoms. The molecular weight excluding hydrogens is 442 g/mol. The molecule has 0 aliphatic carbocycles. The number of benzene rings is 3. The number of oxime groups is 1. The van der Waals surface area contributed by atoms with E-state index in [2.05, 4.69) is 10.5 Å². The molecule has 2 N–H and O–H groups in total. The van der Waals surface area contributed by atoms with Gasteiger partial charge in [-0.25, -0.2) is 0 Å². The lowest BCUT2D eigenvalue weighted by atomic mass is 9.99. The van der Waals surface area contributed by atoms with Gasteiger partial charge in [-0.3, -0.25) is 9.59 Å². The second-order valence-corrected chi connectivity index (χ2v) is 8.56. The summed E-state index contributed by atoms with van der Waals surface area (Å²) >= 11 is 0. The van der Waals surface area contributed by atoms with Crippen LogP contribution in [-0.2, 0) is 9.63 Å². The first-order valence-electron chi connectivity index (χ1n) is 11.5. The van der Waals surface area contributed by atoms with Gasteiger partial charge in [-0.2, -0.15) is 0 Å². The summed E-state index contributed by atoms with van der Waals surface area (Å²) in [5.41, 5.74) is 5.09. The molecular formula is C28H29N3O4. The van der Waals surface area contributed by atoms with Gasteiger partial charge in [0.2, 0.25) is 5.91 Å². The summed E-state index contributed by atoms with van der Waals surface area (Å²) in [6.07, 6.45) is -0.569. The Morgan fingerprint density at radius 3 is 2.43 bits per heavy atom. The third-order valence-corrected chi connectivity index (χ3v) is 6.18. The molecule has 1 aliphatic rings. The summed E-state index contributed by atoms with van der Waals surface area (Å²) in [6, 6.07) is 23.8. The fourth-order valence-electron chi connectivity index (χ4n) is 4.31. The van der Waals surface area contributed by atoms with Crippen LogP contribution in [0.3, 0.4) is 0 Å². The van der Waals surface area contributed by atoms with E-state index in [-0.39, 0.29) is 31.3 Å². The van der Waals surface area contributed by atoms with Gasteiger partial charge in [0, 0.05) is 18.5 Å². The van der Waals surface area contributed by atoms with E-state index in [0.717, 1.165) is 16.7 Å². The van der Waals surface area contributed by atoms with Crippen LogP contribution in [0.5, 0.6) is 0 Å². The predicted molar refractivity (Wildman–Crippen MR) is 135 cm³/mol. The van der Waals surface area contributed by atoms with Crippen LogP contribution in [0.2, 0.25) is 0 Å². The molecule has 4 rings (SSSR count). The molecule has 0 saturated carbocycles. The van der Waals surface area contributed by atoms with Gasteiger partial charge in [-0.15, -0.1) is 0 Å². The number of nitrogens with one attached hydrogen (secondary N) is 1. The highest BCUT2D eigenvalue weighted by Crippen LogP contribution is 2.25. The molecule has 0 bridgehead atoms. The second kappa shape index (κ2) is 11.0. The van der Waals surface area contributed by atoms with Crippen LogP contribution < -0.4 is 5.32 Å². The summed E-state index contributed by atoms with van der Waals surface area (Å²) in [5.74, 6) is -0.599. The molecule has 7 heteroatoms. The van der Waals surface area contributed by atoms with E-state index < -0.39 is 12.1 Å². The van der Waals surface area contributed by atoms with Crippen molar-refractivity contribution in [1.82, 2.24) is 10.2 Å². The Hall–Kier alpha value is -3.97. The normalized spacial score (nSPS) is 17.3. The topological polar surface area (TPSA) is 91.2 Å². The van der Waals surface area contributed by atoms with Gasteiger partial charge >= 0.3 is 0 Å². The second-order valence-electron chi connectivity index (χ2n) is 8.56. The van der Waals surface area contributed by atoms with Crippen molar-refractivity contribution in [3.8, 4) is 11.1 Å². The molecule has 1 aliphatic heterocycles. The fourth-order valence-corrected chi connectivity index (χ4v) is 4.31. The van der Waals surface area contributed by atoms with Crippen molar-refractivity contribution >= 4 is 17.5 Å². The van der Waals surface area contributed by atoms with Crippen LogP contribution in [0.15, 0.2) is 84.0 Å². The number of carbonyl (C=O) groups is 2. The number of rotatable bonds is 7. The van der Waals surface area contributed by atoms with Crippen molar-refractivity contribution in [3.63, 3.8) is 0 Å². The number of hydrogen-bond donors (Lipinski definition) is 2. The Morgan fingerprint density at radius 1 is 1.06 bits per heavy atom. The molecule has 2 amide bonds. The van der Waals surface area contributed by atoms with Gasteiger partial charge in [-0.1, -0.05) is 71.9 Å². The monoisotopic (exact) mass is 471 g/mol. The first-order chi connectivity index (χ1) is 17.0. The molecule has 1 heterocycles. The Bertz CT molecular complexity index is 1210. The van der Waals surface area contributed by atoms with Crippen LogP contribution in [0.1, 0.15) is 34.0 Å². The zero-order chi connectivity index (χ0) is 24.8.